The fourth-order valence-electron chi connectivity index (χ4n) is 4.34. The van der Waals surface area contributed by atoms with Crippen molar-refractivity contribution in [2.75, 3.05) is 12.1 Å². The van der Waals surface area contributed by atoms with Gasteiger partial charge in [-0.1, -0.05) is 32.9 Å². The van der Waals surface area contributed by atoms with Crippen LogP contribution in [-0.2, 0) is 4.79 Å². The molecule has 4 nitrogen and oxygen atoms in total. The molecule has 0 aromatic heterocycles. The molecule has 2 aliphatic rings. The number of ether oxygens (including phenoxy) is 2. The van der Waals surface area contributed by atoms with Gasteiger partial charge < -0.3 is 14.8 Å². The van der Waals surface area contributed by atoms with Crippen LogP contribution in [0.2, 0.25) is 0 Å². The first kappa shape index (κ1) is 16.9. The number of anilines is 1. The number of fused-ring (bicyclic) bond motifs is 1. The second-order valence-electron chi connectivity index (χ2n) is 8.22. The molecule has 1 heterocycles. The second kappa shape index (κ2) is 5.83. The molecule has 1 aliphatic carbocycles. The predicted molar refractivity (Wildman–Crippen MR) is 95.2 cm³/mol. The zero-order chi connectivity index (χ0) is 17.5. The van der Waals surface area contributed by atoms with Crippen molar-refractivity contribution in [3.63, 3.8) is 0 Å². The van der Waals surface area contributed by atoms with E-state index in [9.17, 15) is 4.79 Å². The summed E-state index contributed by atoms with van der Waals surface area (Å²) in [6.07, 6.45) is 2.98. The number of rotatable bonds is 3. The molecule has 1 amide bonds. The molecule has 1 aliphatic heterocycles. The van der Waals surface area contributed by atoms with Crippen LogP contribution in [0.3, 0.4) is 0 Å². The molecule has 130 valence electrons. The van der Waals surface area contributed by atoms with Crippen LogP contribution in [0.4, 0.5) is 5.69 Å². The Labute approximate surface area is 144 Å². The Balaban J connectivity index is 1.84. The van der Waals surface area contributed by atoms with E-state index in [0.29, 0.717) is 5.75 Å². The highest BCUT2D eigenvalue weighted by molar-refractivity contribution is 5.96. The van der Waals surface area contributed by atoms with Crippen LogP contribution in [0.1, 0.15) is 47.0 Å². The summed E-state index contributed by atoms with van der Waals surface area (Å²) in [7, 11) is 0. The molecule has 0 bridgehead atoms. The lowest BCUT2D eigenvalue weighted by Crippen LogP contribution is -2.47. The van der Waals surface area contributed by atoms with Crippen molar-refractivity contribution in [2.45, 2.75) is 47.0 Å². The van der Waals surface area contributed by atoms with E-state index >= 15 is 0 Å². The van der Waals surface area contributed by atoms with Crippen LogP contribution in [0.25, 0.3) is 0 Å². The Morgan fingerprint density at radius 2 is 1.96 bits per heavy atom. The molecule has 0 spiro atoms. The molecule has 3 rings (SSSR count). The lowest BCUT2D eigenvalue weighted by Gasteiger charge is -2.47. The highest BCUT2D eigenvalue weighted by Crippen LogP contribution is 2.52. The van der Waals surface area contributed by atoms with Gasteiger partial charge in [-0.05, 0) is 49.7 Å². The van der Waals surface area contributed by atoms with E-state index in [-0.39, 0.29) is 24.0 Å². The van der Waals surface area contributed by atoms with Gasteiger partial charge in [0.25, 0.3) is 0 Å². The van der Waals surface area contributed by atoms with E-state index in [1.807, 2.05) is 25.1 Å². The number of carbonyl (C=O) groups is 1. The van der Waals surface area contributed by atoms with Gasteiger partial charge in [-0.15, -0.1) is 0 Å². The number of hydrogen-bond donors (Lipinski definition) is 1. The van der Waals surface area contributed by atoms with Crippen LogP contribution in [0.5, 0.6) is 11.5 Å². The molecule has 24 heavy (non-hydrogen) atoms. The summed E-state index contributed by atoms with van der Waals surface area (Å²) < 4.78 is 10.7. The first-order valence-corrected chi connectivity index (χ1v) is 8.58. The van der Waals surface area contributed by atoms with Gasteiger partial charge in [0, 0.05) is 11.8 Å². The van der Waals surface area contributed by atoms with E-state index < -0.39 is 5.41 Å². The molecule has 1 fully saturated rings. The minimum atomic E-state index is -0.454. The van der Waals surface area contributed by atoms with Crippen molar-refractivity contribution >= 4 is 11.6 Å². The van der Waals surface area contributed by atoms with Gasteiger partial charge in [-0.2, -0.15) is 0 Å². The Bertz CT molecular complexity index is 679. The predicted octanol–water partition coefficient (Wildman–Crippen LogP) is 4.76. The monoisotopic (exact) mass is 329 g/mol. The summed E-state index contributed by atoms with van der Waals surface area (Å²) in [6, 6.07) is 5.52. The standard InChI is InChI=1S/C20H27NO3/c1-13(2)15-8-9-19(3,4)11-20(15,5)18(22)21-14-6-7-16-17(10-14)24-12-23-16/h6-7,10,15H,1,8-9,11-12H2,2-5H3,(H,21,22)/t15?,20-/m0/s1. The van der Waals surface area contributed by atoms with E-state index in [2.05, 4.69) is 32.7 Å². The smallest absolute Gasteiger partial charge is 0.231 e. The molecule has 1 N–H and O–H groups in total. The number of hydrogen-bond acceptors (Lipinski definition) is 3. The fraction of sp³-hybridized carbons (Fsp3) is 0.550. The maximum atomic E-state index is 13.2. The van der Waals surface area contributed by atoms with Crippen LogP contribution in [0, 0.1) is 16.7 Å². The van der Waals surface area contributed by atoms with Gasteiger partial charge in [0.05, 0.1) is 5.41 Å². The van der Waals surface area contributed by atoms with E-state index in [1.165, 1.54) is 0 Å². The molecule has 1 aromatic carbocycles. The molecule has 0 radical (unpaired) electrons. The summed E-state index contributed by atoms with van der Waals surface area (Å²) in [4.78, 5) is 13.2. The molecule has 1 aromatic rings. The van der Waals surface area contributed by atoms with Crippen molar-refractivity contribution in [3.8, 4) is 11.5 Å². The Kier molecular flexibility index (Phi) is 4.10. The Hall–Kier alpha value is -1.97. The summed E-state index contributed by atoms with van der Waals surface area (Å²) >= 11 is 0. The third-order valence-corrected chi connectivity index (χ3v) is 5.47. The SMILES string of the molecule is C=C(C)C1CCC(C)(C)C[C@]1(C)C(=O)Nc1ccc2c(c1)OCO2. The lowest BCUT2D eigenvalue weighted by atomic mass is 9.57. The van der Waals surface area contributed by atoms with Gasteiger partial charge in [0.15, 0.2) is 11.5 Å². The molecular formula is C20H27NO3. The Morgan fingerprint density at radius 3 is 2.67 bits per heavy atom. The van der Waals surface area contributed by atoms with Crippen molar-refractivity contribution < 1.29 is 14.3 Å². The minimum Gasteiger partial charge on any atom is -0.454 e. The maximum Gasteiger partial charge on any atom is 0.231 e. The fourth-order valence-corrected chi connectivity index (χ4v) is 4.34. The van der Waals surface area contributed by atoms with Crippen molar-refractivity contribution in [1.29, 1.82) is 0 Å². The van der Waals surface area contributed by atoms with Crippen LogP contribution in [-0.4, -0.2) is 12.7 Å². The summed E-state index contributed by atoms with van der Waals surface area (Å²) in [5, 5.41) is 3.09. The highest BCUT2D eigenvalue weighted by atomic mass is 16.7. The lowest BCUT2D eigenvalue weighted by molar-refractivity contribution is -0.131. The van der Waals surface area contributed by atoms with E-state index in [0.717, 1.165) is 36.3 Å². The van der Waals surface area contributed by atoms with Gasteiger partial charge in [0.1, 0.15) is 0 Å². The van der Waals surface area contributed by atoms with E-state index in [4.69, 9.17) is 9.47 Å². The number of nitrogens with one attached hydrogen (secondary N) is 1. The van der Waals surface area contributed by atoms with Gasteiger partial charge >= 0.3 is 0 Å². The number of benzene rings is 1. The zero-order valence-corrected chi connectivity index (χ0v) is 15.1. The quantitative estimate of drug-likeness (QED) is 0.813. The zero-order valence-electron chi connectivity index (χ0n) is 15.1. The number of amides is 1. The van der Waals surface area contributed by atoms with Crippen LogP contribution < -0.4 is 14.8 Å². The van der Waals surface area contributed by atoms with E-state index in [1.54, 1.807) is 0 Å². The maximum absolute atomic E-state index is 13.2. The average Bonchev–Trinajstić information content (AvgIpc) is 2.93. The number of allylic oxidation sites excluding steroid dienone is 1. The topological polar surface area (TPSA) is 47.6 Å². The third kappa shape index (κ3) is 3.02. The molecular weight excluding hydrogens is 302 g/mol. The second-order valence-corrected chi connectivity index (χ2v) is 8.22. The molecule has 1 unspecified atom stereocenters. The largest absolute Gasteiger partial charge is 0.454 e. The van der Waals surface area contributed by atoms with Crippen molar-refractivity contribution in [1.82, 2.24) is 0 Å². The van der Waals surface area contributed by atoms with Crippen molar-refractivity contribution in [3.05, 3.63) is 30.4 Å². The van der Waals surface area contributed by atoms with Crippen LogP contribution in [0.15, 0.2) is 30.4 Å². The van der Waals surface area contributed by atoms with Crippen LogP contribution >= 0.6 is 0 Å². The summed E-state index contributed by atoms with van der Waals surface area (Å²) in [5.41, 5.74) is 1.54. The molecule has 0 saturated heterocycles. The normalized spacial score (nSPS) is 27.6. The minimum absolute atomic E-state index is 0.0575. The summed E-state index contributed by atoms with van der Waals surface area (Å²) in [6.45, 7) is 13.0. The Morgan fingerprint density at radius 1 is 1.25 bits per heavy atom. The van der Waals surface area contributed by atoms with Crippen molar-refractivity contribution in [2.24, 2.45) is 16.7 Å². The first-order valence-electron chi connectivity index (χ1n) is 8.58. The van der Waals surface area contributed by atoms with Gasteiger partial charge in [0.2, 0.25) is 12.7 Å². The van der Waals surface area contributed by atoms with Gasteiger partial charge in [-0.25, -0.2) is 0 Å². The third-order valence-electron chi connectivity index (χ3n) is 5.47. The molecule has 2 atom stereocenters. The summed E-state index contributed by atoms with van der Waals surface area (Å²) in [5.74, 6) is 1.66. The molecule has 4 heteroatoms. The van der Waals surface area contributed by atoms with Gasteiger partial charge in [-0.3, -0.25) is 4.79 Å². The molecule has 1 saturated carbocycles. The first-order chi connectivity index (χ1) is 11.2. The number of carbonyl (C=O) groups excluding carboxylic acids is 1. The highest BCUT2D eigenvalue weighted by Gasteiger charge is 2.48. The average molecular weight is 329 g/mol.